The number of nitrogens with one attached hydrogen (secondary N) is 3. The van der Waals surface area contributed by atoms with Crippen LogP contribution in [-0.2, 0) is 9.36 Å². The third-order valence-electron chi connectivity index (χ3n) is 4.38. The van der Waals surface area contributed by atoms with E-state index < -0.39 is 30.9 Å². The first kappa shape index (κ1) is 23.6. The molecule has 0 saturated heterocycles. The Balaban J connectivity index is 2.86. The first-order valence-corrected chi connectivity index (χ1v) is 11.2. The van der Waals surface area contributed by atoms with Gasteiger partial charge in [0.2, 0.25) is 5.91 Å². The average Bonchev–Trinajstić information content (AvgIpc) is 2.60. The van der Waals surface area contributed by atoms with Gasteiger partial charge in [0.25, 0.3) is 0 Å². The Morgan fingerprint density at radius 1 is 1.15 bits per heavy atom. The third kappa shape index (κ3) is 6.60. The normalized spacial score (nSPS) is 13.0. The van der Waals surface area contributed by atoms with Crippen molar-refractivity contribution in [1.29, 1.82) is 0 Å². The van der Waals surface area contributed by atoms with Crippen molar-refractivity contribution in [1.82, 2.24) is 10.6 Å². The highest BCUT2D eigenvalue weighted by Gasteiger charge is 2.46. The molecular weight excluding hydrogens is 437 g/mol. The standard InChI is InChI=1S/C17H27BrN3O5P/c1-4-7-14(15(22)21-17(5-2,6-3)27(24,25)26)20-16(23)19-13-10-8-12(18)9-11-13/h8-11,14H,4-7H2,1-3H3,(H,21,22)(H2,19,20,23)(H2,24,25,26)/t14-/m0/s1. The van der Waals surface area contributed by atoms with Gasteiger partial charge >= 0.3 is 13.6 Å². The summed E-state index contributed by atoms with van der Waals surface area (Å²) in [6.07, 6.45) is 1.09. The lowest BCUT2D eigenvalue weighted by atomic mass is 10.1. The van der Waals surface area contributed by atoms with Gasteiger partial charge in [-0.3, -0.25) is 9.36 Å². The average molecular weight is 464 g/mol. The highest BCUT2D eigenvalue weighted by molar-refractivity contribution is 9.10. The molecule has 0 saturated carbocycles. The lowest BCUT2D eigenvalue weighted by Gasteiger charge is -2.34. The maximum Gasteiger partial charge on any atom is 0.350 e. The largest absolute Gasteiger partial charge is 0.350 e. The third-order valence-corrected chi connectivity index (χ3v) is 6.77. The van der Waals surface area contributed by atoms with Crippen LogP contribution >= 0.6 is 23.5 Å². The molecule has 0 unspecified atom stereocenters. The van der Waals surface area contributed by atoms with E-state index in [0.29, 0.717) is 18.5 Å². The van der Waals surface area contributed by atoms with Crippen LogP contribution in [0.2, 0.25) is 0 Å². The fourth-order valence-corrected chi connectivity index (χ4v) is 3.99. The van der Waals surface area contributed by atoms with Crippen molar-refractivity contribution in [3.8, 4) is 0 Å². The number of hydrogen-bond donors (Lipinski definition) is 5. The van der Waals surface area contributed by atoms with Crippen molar-refractivity contribution >= 4 is 41.2 Å². The summed E-state index contributed by atoms with van der Waals surface area (Å²) >= 11 is 3.30. The number of benzene rings is 1. The molecule has 0 spiro atoms. The summed E-state index contributed by atoms with van der Waals surface area (Å²) < 4.78 is 12.8. The summed E-state index contributed by atoms with van der Waals surface area (Å²) in [6.45, 7) is 5.06. The molecule has 0 bridgehead atoms. The summed E-state index contributed by atoms with van der Waals surface area (Å²) in [5, 5.41) is 6.05. The molecule has 5 N–H and O–H groups in total. The summed E-state index contributed by atoms with van der Waals surface area (Å²) in [4.78, 5) is 44.2. The van der Waals surface area contributed by atoms with Crippen molar-refractivity contribution in [3.05, 3.63) is 28.7 Å². The van der Waals surface area contributed by atoms with Crippen LogP contribution < -0.4 is 16.0 Å². The SMILES string of the molecule is CCC[C@H](NC(=O)Nc1ccc(Br)cc1)C(=O)NC(CC)(CC)P(=O)(O)O. The Bertz CT molecular complexity index is 688. The van der Waals surface area contributed by atoms with E-state index >= 15 is 0 Å². The second kappa shape index (κ2) is 10.2. The van der Waals surface area contributed by atoms with Crippen LogP contribution in [0.5, 0.6) is 0 Å². The zero-order chi connectivity index (χ0) is 20.7. The Morgan fingerprint density at radius 3 is 2.15 bits per heavy atom. The molecule has 0 fully saturated rings. The van der Waals surface area contributed by atoms with E-state index in [1.54, 1.807) is 38.1 Å². The van der Waals surface area contributed by atoms with Crippen LogP contribution in [0.3, 0.4) is 0 Å². The molecule has 0 radical (unpaired) electrons. The lowest BCUT2D eigenvalue weighted by molar-refractivity contribution is -0.124. The van der Waals surface area contributed by atoms with Crippen LogP contribution in [0.25, 0.3) is 0 Å². The molecule has 152 valence electrons. The molecular formula is C17H27BrN3O5P. The molecule has 1 atom stereocenters. The number of halogens is 1. The fraction of sp³-hybridized carbons (Fsp3) is 0.529. The molecule has 0 aliphatic heterocycles. The Labute approximate surface area is 167 Å². The van der Waals surface area contributed by atoms with E-state index in [1.807, 2.05) is 6.92 Å². The lowest BCUT2D eigenvalue weighted by Crippen LogP contribution is -2.55. The first-order chi connectivity index (χ1) is 12.6. The van der Waals surface area contributed by atoms with Gasteiger partial charge in [-0.25, -0.2) is 4.79 Å². The topological polar surface area (TPSA) is 128 Å². The van der Waals surface area contributed by atoms with Crippen molar-refractivity contribution in [2.45, 2.75) is 57.8 Å². The molecule has 1 aromatic rings. The Morgan fingerprint density at radius 2 is 1.70 bits per heavy atom. The molecule has 0 aliphatic rings. The number of carbonyl (C=O) groups is 2. The van der Waals surface area contributed by atoms with Crippen LogP contribution in [0.1, 0.15) is 46.5 Å². The van der Waals surface area contributed by atoms with Crippen molar-refractivity contribution in [2.24, 2.45) is 0 Å². The highest BCUT2D eigenvalue weighted by Crippen LogP contribution is 2.52. The fourth-order valence-electron chi connectivity index (χ4n) is 2.64. The van der Waals surface area contributed by atoms with Gasteiger partial charge in [0, 0.05) is 10.2 Å². The second-order valence-electron chi connectivity index (χ2n) is 6.22. The molecule has 1 aromatic carbocycles. The molecule has 3 amide bonds. The van der Waals surface area contributed by atoms with Gasteiger partial charge in [0.15, 0.2) is 0 Å². The molecule has 0 heterocycles. The number of urea groups is 1. The highest BCUT2D eigenvalue weighted by atomic mass is 79.9. The predicted molar refractivity (Wildman–Crippen MR) is 108 cm³/mol. The zero-order valence-electron chi connectivity index (χ0n) is 15.7. The summed E-state index contributed by atoms with van der Waals surface area (Å²) in [5.41, 5.74) is 0.554. The molecule has 27 heavy (non-hydrogen) atoms. The van der Waals surface area contributed by atoms with E-state index in [4.69, 9.17) is 0 Å². The summed E-state index contributed by atoms with van der Waals surface area (Å²) in [7, 11) is -4.58. The van der Waals surface area contributed by atoms with Crippen LogP contribution in [0.4, 0.5) is 10.5 Å². The van der Waals surface area contributed by atoms with Gasteiger partial charge in [0.05, 0.1) is 0 Å². The molecule has 0 aliphatic carbocycles. The number of carbonyl (C=O) groups excluding carboxylic acids is 2. The minimum Gasteiger partial charge on any atom is -0.338 e. The maximum absolute atomic E-state index is 12.6. The smallest absolute Gasteiger partial charge is 0.338 e. The van der Waals surface area contributed by atoms with Crippen molar-refractivity contribution in [3.63, 3.8) is 0 Å². The van der Waals surface area contributed by atoms with Gasteiger partial charge in [-0.05, 0) is 43.5 Å². The minimum absolute atomic E-state index is 0.0729. The molecule has 8 nitrogen and oxygen atoms in total. The van der Waals surface area contributed by atoms with Crippen LogP contribution in [0.15, 0.2) is 28.7 Å². The van der Waals surface area contributed by atoms with Gasteiger partial charge < -0.3 is 25.7 Å². The molecule has 0 aromatic heterocycles. The van der Waals surface area contributed by atoms with E-state index in [9.17, 15) is 23.9 Å². The van der Waals surface area contributed by atoms with Gasteiger partial charge in [-0.1, -0.05) is 43.1 Å². The molecule has 10 heteroatoms. The minimum atomic E-state index is -4.58. The van der Waals surface area contributed by atoms with E-state index in [-0.39, 0.29) is 12.8 Å². The second-order valence-corrected chi connectivity index (χ2v) is 9.08. The maximum atomic E-state index is 12.6. The Kier molecular flexibility index (Phi) is 8.94. The first-order valence-electron chi connectivity index (χ1n) is 8.79. The Hall–Kier alpha value is -1.41. The van der Waals surface area contributed by atoms with Gasteiger partial charge in [0.1, 0.15) is 11.3 Å². The number of anilines is 1. The predicted octanol–water partition coefficient (Wildman–Crippen LogP) is 3.55. The number of amides is 3. The van der Waals surface area contributed by atoms with Crippen LogP contribution in [0, 0.1) is 0 Å². The van der Waals surface area contributed by atoms with Crippen molar-refractivity contribution < 1.29 is 23.9 Å². The van der Waals surface area contributed by atoms with E-state index in [2.05, 4.69) is 31.9 Å². The van der Waals surface area contributed by atoms with Crippen LogP contribution in [-0.4, -0.2) is 33.0 Å². The monoisotopic (exact) mass is 463 g/mol. The van der Waals surface area contributed by atoms with Gasteiger partial charge in [-0.15, -0.1) is 0 Å². The van der Waals surface area contributed by atoms with E-state index in [0.717, 1.165) is 4.47 Å². The summed E-state index contributed by atoms with van der Waals surface area (Å²) in [5.74, 6) is -0.616. The zero-order valence-corrected chi connectivity index (χ0v) is 18.1. The van der Waals surface area contributed by atoms with Gasteiger partial charge in [-0.2, -0.15) is 0 Å². The quantitative estimate of drug-likeness (QED) is 0.357. The summed E-state index contributed by atoms with van der Waals surface area (Å²) in [6, 6.07) is 5.46. The molecule has 1 rings (SSSR count). The number of hydrogen-bond acceptors (Lipinski definition) is 3. The van der Waals surface area contributed by atoms with Crippen molar-refractivity contribution in [2.75, 3.05) is 5.32 Å². The number of rotatable bonds is 9. The van der Waals surface area contributed by atoms with E-state index in [1.165, 1.54) is 0 Å².